The summed E-state index contributed by atoms with van der Waals surface area (Å²) in [5.74, 6) is 0. The van der Waals surface area contributed by atoms with Crippen LogP contribution in [0.25, 0.3) is 0 Å². The highest BCUT2D eigenvalue weighted by Crippen LogP contribution is 2.30. The highest BCUT2D eigenvalue weighted by molar-refractivity contribution is 7.12. The van der Waals surface area contributed by atoms with Gasteiger partial charge in [0.2, 0.25) is 0 Å². The molecule has 0 aliphatic rings. The van der Waals surface area contributed by atoms with E-state index in [1.165, 1.54) is 32.9 Å². The molecular weight excluding hydrogens is 262 g/mol. The van der Waals surface area contributed by atoms with E-state index in [0.29, 0.717) is 6.04 Å². The third kappa shape index (κ3) is 3.94. The summed E-state index contributed by atoms with van der Waals surface area (Å²) in [6.07, 6.45) is 2.25. The third-order valence-electron chi connectivity index (χ3n) is 3.56. The molecule has 1 aromatic heterocycles. The van der Waals surface area contributed by atoms with E-state index in [-0.39, 0.29) is 0 Å². The molecule has 2 heteroatoms. The summed E-state index contributed by atoms with van der Waals surface area (Å²) in [7, 11) is 0. The fourth-order valence-corrected chi connectivity index (χ4v) is 3.77. The Balaban J connectivity index is 2.21. The van der Waals surface area contributed by atoms with Gasteiger partial charge in [-0.05, 0) is 57.4 Å². The van der Waals surface area contributed by atoms with Gasteiger partial charge in [-0.2, -0.15) is 0 Å². The number of rotatable bonds is 6. The van der Waals surface area contributed by atoms with Crippen LogP contribution in [0.2, 0.25) is 0 Å². The second-order valence-electron chi connectivity index (χ2n) is 5.60. The first-order valence-corrected chi connectivity index (χ1v) is 8.27. The van der Waals surface area contributed by atoms with E-state index in [1.54, 1.807) is 0 Å². The maximum Gasteiger partial charge on any atom is 0.0458 e. The lowest BCUT2D eigenvalue weighted by Crippen LogP contribution is -2.23. The van der Waals surface area contributed by atoms with Crippen LogP contribution in [-0.2, 0) is 6.42 Å². The van der Waals surface area contributed by atoms with Crippen molar-refractivity contribution in [3.05, 3.63) is 56.8 Å². The molecule has 0 radical (unpaired) electrons. The Morgan fingerprint density at radius 3 is 2.55 bits per heavy atom. The van der Waals surface area contributed by atoms with E-state index in [1.807, 2.05) is 11.3 Å². The molecule has 1 N–H and O–H groups in total. The van der Waals surface area contributed by atoms with Crippen LogP contribution in [0.3, 0.4) is 0 Å². The molecule has 1 heterocycles. The summed E-state index contributed by atoms with van der Waals surface area (Å²) in [4.78, 5) is 2.91. The van der Waals surface area contributed by atoms with Gasteiger partial charge in [0.25, 0.3) is 0 Å². The highest BCUT2D eigenvalue weighted by Gasteiger charge is 2.16. The molecule has 0 spiro atoms. The zero-order valence-electron chi connectivity index (χ0n) is 13.0. The Bertz CT molecular complexity index is 556. The average molecular weight is 287 g/mol. The molecule has 2 rings (SSSR count). The van der Waals surface area contributed by atoms with Gasteiger partial charge < -0.3 is 5.32 Å². The topological polar surface area (TPSA) is 12.0 Å². The molecule has 1 nitrogen and oxygen atoms in total. The smallest absolute Gasteiger partial charge is 0.0458 e. The molecule has 0 aliphatic heterocycles. The summed E-state index contributed by atoms with van der Waals surface area (Å²) in [6, 6.07) is 11.6. The molecule has 1 unspecified atom stereocenters. The van der Waals surface area contributed by atoms with Crippen molar-refractivity contribution in [1.29, 1.82) is 0 Å². The van der Waals surface area contributed by atoms with E-state index >= 15 is 0 Å². The normalized spacial score (nSPS) is 12.6. The predicted octanol–water partition coefficient (Wildman–Crippen LogP) is 4.96. The van der Waals surface area contributed by atoms with Crippen molar-refractivity contribution in [2.45, 2.75) is 46.6 Å². The fourth-order valence-electron chi connectivity index (χ4n) is 2.66. The molecule has 0 saturated carbocycles. The predicted molar refractivity (Wildman–Crippen MR) is 89.7 cm³/mol. The molecule has 1 aromatic carbocycles. The second kappa shape index (κ2) is 7.05. The lowest BCUT2D eigenvalue weighted by atomic mass is 10.0. The first-order chi connectivity index (χ1) is 9.60. The third-order valence-corrected chi connectivity index (χ3v) is 4.83. The van der Waals surface area contributed by atoms with Gasteiger partial charge in [-0.3, -0.25) is 0 Å². The van der Waals surface area contributed by atoms with Gasteiger partial charge in [-0.1, -0.05) is 36.8 Å². The van der Waals surface area contributed by atoms with E-state index in [9.17, 15) is 0 Å². The zero-order chi connectivity index (χ0) is 14.5. The number of benzene rings is 1. The molecule has 108 valence electrons. The van der Waals surface area contributed by atoms with Gasteiger partial charge in [-0.25, -0.2) is 0 Å². The Labute approximate surface area is 127 Å². The molecular formula is C18H25NS. The SMILES string of the molecule is CCCNC(Cc1cccc(C)c1)c1sc(C)cc1C. The minimum Gasteiger partial charge on any atom is -0.309 e. The monoisotopic (exact) mass is 287 g/mol. The van der Waals surface area contributed by atoms with E-state index in [0.717, 1.165) is 13.0 Å². The molecule has 2 aromatic rings. The largest absolute Gasteiger partial charge is 0.309 e. The first-order valence-electron chi connectivity index (χ1n) is 7.46. The lowest BCUT2D eigenvalue weighted by Gasteiger charge is -2.19. The van der Waals surface area contributed by atoms with Crippen molar-refractivity contribution in [3.8, 4) is 0 Å². The van der Waals surface area contributed by atoms with Crippen LogP contribution in [0.1, 0.15) is 45.8 Å². The molecule has 0 saturated heterocycles. The molecule has 20 heavy (non-hydrogen) atoms. The van der Waals surface area contributed by atoms with Crippen LogP contribution < -0.4 is 5.32 Å². The Kier molecular flexibility index (Phi) is 5.38. The molecule has 0 bridgehead atoms. The number of aryl methyl sites for hydroxylation is 3. The van der Waals surface area contributed by atoms with Gasteiger partial charge in [0.15, 0.2) is 0 Å². The minimum atomic E-state index is 0.440. The summed E-state index contributed by atoms with van der Waals surface area (Å²) in [5, 5.41) is 3.72. The van der Waals surface area contributed by atoms with Crippen molar-refractivity contribution in [3.63, 3.8) is 0 Å². The van der Waals surface area contributed by atoms with Crippen molar-refractivity contribution in [1.82, 2.24) is 5.32 Å². The molecule has 0 aliphatic carbocycles. The van der Waals surface area contributed by atoms with E-state index in [4.69, 9.17) is 0 Å². The first kappa shape index (κ1) is 15.3. The quantitative estimate of drug-likeness (QED) is 0.792. The maximum atomic E-state index is 3.72. The van der Waals surface area contributed by atoms with Crippen LogP contribution >= 0.6 is 11.3 Å². The fraction of sp³-hybridized carbons (Fsp3) is 0.444. The molecule has 0 amide bonds. The summed E-state index contributed by atoms with van der Waals surface area (Å²) in [6.45, 7) is 9.90. The lowest BCUT2D eigenvalue weighted by molar-refractivity contribution is 0.535. The average Bonchev–Trinajstić information content (AvgIpc) is 2.73. The number of thiophene rings is 1. The Morgan fingerprint density at radius 1 is 1.15 bits per heavy atom. The van der Waals surface area contributed by atoms with Crippen molar-refractivity contribution >= 4 is 11.3 Å². The Morgan fingerprint density at radius 2 is 1.95 bits per heavy atom. The van der Waals surface area contributed by atoms with Crippen LogP contribution in [0.15, 0.2) is 30.3 Å². The molecule has 1 atom stereocenters. The van der Waals surface area contributed by atoms with E-state index in [2.05, 4.69) is 63.3 Å². The van der Waals surface area contributed by atoms with E-state index < -0.39 is 0 Å². The van der Waals surface area contributed by atoms with Crippen LogP contribution in [-0.4, -0.2) is 6.54 Å². The number of nitrogens with one attached hydrogen (secondary N) is 1. The standard InChI is InChI=1S/C18H25NS/c1-5-9-19-17(18-14(3)11-15(4)20-18)12-16-8-6-7-13(2)10-16/h6-8,10-11,17,19H,5,9,12H2,1-4H3. The van der Waals surface area contributed by atoms with Gasteiger partial charge in [0, 0.05) is 15.8 Å². The maximum absolute atomic E-state index is 3.72. The summed E-state index contributed by atoms with van der Waals surface area (Å²) >= 11 is 1.93. The van der Waals surface area contributed by atoms with Crippen molar-refractivity contribution in [2.24, 2.45) is 0 Å². The molecule has 0 fully saturated rings. The second-order valence-corrected chi connectivity index (χ2v) is 6.89. The Hall–Kier alpha value is -1.12. The summed E-state index contributed by atoms with van der Waals surface area (Å²) in [5.41, 5.74) is 4.19. The highest BCUT2D eigenvalue weighted by atomic mass is 32.1. The van der Waals surface area contributed by atoms with Crippen molar-refractivity contribution in [2.75, 3.05) is 6.54 Å². The van der Waals surface area contributed by atoms with Gasteiger partial charge in [0.05, 0.1) is 0 Å². The number of hydrogen-bond donors (Lipinski definition) is 1. The van der Waals surface area contributed by atoms with Gasteiger partial charge in [0.1, 0.15) is 0 Å². The van der Waals surface area contributed by atoms with Crippen LogP contribution in [0.5, 0.6) is 0 Å². The number of hydrogen-bond acceptors (Lipinski definition) is 2. The zero-order valence-corrected chi connectivity index (χ0v) is 13.8. The van der Waals surface area contributed by atoms with Gasteiger partial charge >= 0.3 is 0 Å². The van der Waals surface area contributed by atoms with Crippen LogP contribution in [0, 0.1) is 20.8 Å². The minimum absolute atomic E-state index is 0.440. The van der Waals surface area contributed by atoms with Gasteiger partial charge in [-0.15, -0.1) is 11.3 Å². The van der Waals surface area contributed by atoms with Crippen LogP contribution in [0.4, 0.5) is 0 Å². The van der Waals surface area contributed by atoms with Crippen molar-refractivity contribution < 1.29 is 0 Å². The summed E-state index contributed by atoms with van der Waals surface area (Å²) < 4.78 is 0.